The molecule has 0 aromatic heterocycles. The zero-order valence-electron chi connectivity index (χ0n) is 18.9. The first-order valence-electron chi connectivity index (χ1n) is 10.9. The fourth-order valence-corrected chi connectivity index (χ4v) is 5.21. The van der Waals surface area contributed by atoms with Crippen molar-refractivity contribution in [3.05, 3.63) is 108 Å². The van der Waals surface area contributed by atoms with Crippen LogP contribution in [0.5, 0.6) is 0 Å². The molecule has 174 valence electrons. The summed E-state index contributed by atoms with van der Waals surface area (Å²) in [5.74, 6) is -0.922. The minimum Gasteiger partial charge on any atom is -0.445 e. The Morgan fingerprint density at radius 1 is 0.788 bits per heavy atom. The quantitative estimate of drug-likeness (QED) is 0.334. The molecule has 33 heavy (non-hydrogen) atoms. The van der Waals surface area contributed by atoms with Crippen molar-refractivity contribution in [1.29, 1.82) is 0 Å². The van der Waals surface area contributed by atoms with Gasteiger partial charge in [-0.15, -0.1) is 0 Å². The van der Waals surface area contributed by atoms with Crippen LogP contribution in [0, 0.1) is 0 Å². The number of nitrogens with one attached hydrogen (secondary N) is 1. The molecule has 0 radical (unpaired) electrons. The van der Waals surface area contributed by atoms with E-state index in [0.29, 0.717) is 0 Å². The molecule has 0 aliphatic heterocycles. The summed E-state index contributed by atoms with van der Waals surface area (Å²) in [5.41, 5.74) is 2.60. The van der Waals surface area contributed by atoms with E-state index < -0.39 is 19.5 Å². The Hall–Kier alpha value is -2.92. The van der Waals surface area contributed by atoms with Crippen LogP contribution in [0.3, 0.4) is 0 Å². The minimum absolute atomic E-state index is 0.0941. The van der Waals surface area contributed by atoms with Gasteiger partial charge in [-0.05, 0) is 30.5 Å². The van der Waals surface area contributed by atoms with E-state index in [9.17, 15) is 9.36 Å². The molecule has 0 heterocycles. The van der Waals surface area contributed by atoms with Crippen molar-refractivity contribution in [1.82, 2.24) is 5.32 Å². The summed E-state index contributed by atoms with van der Waals surface area (Å²) in [6.07, 6.45) is -0.789. The second-order valence-corrected chi connectivity index (χ2v) is 10.0. The van der Waals surface area contributed by atoms with Crippen LogP contribution < -0.4 is 5.32 Å². The van der Waals surface area contributed by atoms with Crippen LogP contribution in [0.4, 0.5) is 4.79 Å². The molecule has 1 N–H and O–H groups in total. The molecule has 0 bridgehead atoms. The zero-order chi connectivity index (χ0) is 23.5. The molecular formula is C26H30NO5P. The van der Waals surface area contributed by atoms with Gasteiger partial charge in [0.1, 0.15) is 12.4 Å². The smallest absolute Gasteiger partial charge is 0.408 e. The molecule has 0 aliphatic carbocycles. The van der Waals surface area contributed by atoms with E-state index in [0.717, 1.165) is 16.7 Å². The molecule has 6 nitrogen and oxygen atoms in total. The van der Waals surface area contributed by atoms with Gasteiger partial charge >= 0.3 is 13.7 Å². The van der Waals surface area contributed by atoms with Crippen molar-refractivity contribution in [2.45, 2.75) is 45.4 Å². The second kappa shape index (κ2) is 12.4. The molecule has 1 unspecified atom stereocenters. The van der Waals surface area contributed by atoms with Crippen LogP contribution in [-0.2, 0) is 38.0 Å². The standard InChI is InChI=1S/C26H30NO5P/c1-21(2)32-33(29,31-20-24-16-10-5-11-17-24)25(18-22-12-6-3-7-13-22)27-26(28)30-19-23-14-8-4-9-15-23/h3-17,21,25H,18-20H2,1-2H3,(H,27,28)/t25-,33?/m1/s1. The van der Waals surface area contributed by atoms with Gasteiger partial charge in [-0.2, -0.15) is 0 Å². The third-order valence-electron chi connectivity index (χ3n) is 4.76. The second-order valence-electron chi connectivity index (χ2n) is 7.86. The predicted octanol–water partition coefficient (Wildman–Crippen LogP) is 6.32. The van der Waals surface area contributed by atoms with Gasteiger partial charge in [0.05, 0.1) is 12.7 Å². The number of rotatable bonds is 11. The van der Waals surface area contributed by atoms with E-state index in [4.69, 9.17) is 13.8 Å². The molecule has 0 fully saturated rings. The third kappa shape index (κ3) is 8.17. The van der Waals surface area contributed by atoms with Crippen LogP contribution >= 0.6 is 7.60 Å². The summed E-state index contributed by atoms with van der Waals surface area (Å²) < 4.78 is 31.1. The van der Waals surface area contributed by atoms with Gasteiger partial charge in [0.25, 0.3) is 0 Å². The Morgan fingerprint density at radius 2 is 1.27 bits per heavy atom. The van der Waals surface area contributed by atoms with Gasteiger partial charge in [-0.1, -0.05) is 91.0 Å². The average Bonchev–Trinajstić information content (AvgIpc) is 2.83. The number of benzene rings is 3. The van der Waals surface area contributed by atoms with E-state index in [1.165, 1.54) is 0 Å². The highest BCUT2D eigenvalue weighted by molar-refractivity contribution is 7.54. The van der Waals surface area contributed by atoms with Crippen molar-refractivity contribution >= 4 is 13.7 Å². The summed E-state index contributed by atoms with van der Waals surface area (Å²) in [5, 5.41) is 2.74. The molecule has 1 amide bonds. The number of carbonyl (C=O) groups excluding carboxylic acids is 1. The Bertz CT molecular complexity index is 1030. The first kappa shape index (κ1) is 24.7. The summed E-state index contributed by atoms with van der Waals surface area (Å²) in [6.45, 7) is 3.76. The summed E-state index contributed by atoms with van der Waals surface area (Å²) in [6, 6.07) is 28.3. The lowest BCUT2D eigenvalue weighted by Crippen LogP contribution is -2.38. The highest BCUT2D eigenvalue weighted by Gasteiger charge is 2.39. The van der Waals surface area contributed by atoms with E-state index in [1.54, 1.807) is 13.8 Å². The molecule has 7 heteroatoms. The van der Waals surface area contributed by atoms with Gasteiger partial charge in [0, 0.05) is 6.42 Å². The monoisotopic (exact) mass is 467 g/mol. The van der Waals surface area contributed by atoms with Gasteiger partial charge in [-0.25, -0.2) is 4.79 Å². The van der Waals surface area contributed by atoms with E-state index in [1.807, 2.05) is 91.0 Å². The topological polar surface area (TPSA) is 73.9 Å². The average molecular weight is 468 g/mol. The van der Waals surface area contributed by atoms with Crippen LogP contribution in [0.2, 0.25) is 0 Å². The van der Waals surface area contributed by atoms with Crippen LogP contribution in [0.15, 0.2) is 91.0 Å². The van der Waals surface area contributed by atoms with Crippen molar-refractivity contribution in [2.24, 2.45) is 0 Å². The van der Waals surface area contributed by atoms with E-state index in [2.05, 4.69) is 5.32 Å². The van der Waals surface area contributed by atoms with Crippen LogP contribution in [0.25, 0.3) is 0 Å². The molecule has 0 saturated carbocycles. The van der Waals surface area contributed by atoms with Crippen molar-refractivity contribution in [3.63, 3.8) is 0 Å². The normalized spacial score (nSPS) is 13.8. The number of hydrogen-bond acceptors (Lipinski definition) is 5. The maximum Gasteiger partial charge on any atom is 0.408 e. The molecular weight excluding hydrogens is 437 g/mol. The zero-order valence-corrected chi connectivity index (χ0v) is 19.8. The lowest BCUT2D eigenvalue weighted by Gasteiger charge is -2.29. The Labute approximate surface area is 195 Å². The van der Waals surface area contributed by atoms with Crippen LogP contribution in [0.1, 0.15) is 30.5 Å². The first-order valence-corrected chi connectivity index (χ1v) is 12.5. The molecule has 0 saturated heterocycles. The van der Waals surface area contributed by atoms with E-state index in [-0.39, 0.29) is 25.7 Å². The molecule has 0 aliphatic rings. The van der Waals surface area contributed by atoms with Crippen molar-refractivity contribution in [3.8, 4) is 0 Å². The summed E-state index contributed by atoms with van der Waals surface area (Å²) in [4.78, 5) is 12.7. The SMILES string of the molecule is CC(C)OP(=O)(OCc1ccccc1)[C@H](Cc1ccccc1)NC(=O)OCc1ccccc1. The predicted molar refractivity (Wildman–Crippen MR) is 129 cm³/mol. The lowest BCUT2D eigenvalue weighted by molar-refractivity contribution is 0.128. The van der Waals surface area contributed by atoms with E-state index >= 15 is 0 Å². The minimum atomic E-state index is -3.78. The van der Waals surface area contributed by atoms with Crippen LogP contribution in [-0.4, -0.2) is 18.0 Å². The lowest BCUT2D eigenvalue weighted by atomic mass is 10.1. The molecule has 0 spiro atoms. The van der Waals surface area contributed by atoms with Gasteiger partial charge in [0.15, 0.2) is 0 Å². The molecule has 3 rings (SSSR count). The highest BCUT2D eigenvalue weighted by atomic mass is 31.2. The highest BCUT2D eigenvalue weighted by Crippen LogP contribution is 2.54. The molecule has 3 aromatic carbocycles. The fraction of sp³-hybridized carbons (Fsp3) is 0.269. The summed E-state index contributed by atoms with van der Waals surface area (Å²) in [7, 11) is -3.78. The Morgan fingerprint density at radius 3 is 1.79 bits per heavy atom. The largest absolute Gasteiger partial charge is 0.445 e. The van der Waals surface area contributed by atoms with Gasteiger partial charge in [-0.3, -0.25) is 4.57 Å². The Kier molecular flexibility index (Phi) is 9.25. The van der Waals surface area contributed by atoms with Crippen molar-refractivity contribution in [2.75, 3.05) is 0 Å². The molecule has 2 atom stereocenters. The fourth-order valence-electron chi connectivity index (χ4n) is 3.21. The first-order chi connectivity index (χ1) is 15.9. The maximum atomic E-state index is 14.0. The molecule has 3 aromatic rings. The summed E-state index contributed by atoms with van der Waals surface area (Å²) >= 11 is 0. The van der Waals surface area contributed by atoms with Gasteiger partial charge < -0.3 is 19.1 Å². The Balaban J connectivity index is 1.78. The number of amides is 1. The maximum absolute atomic E-state index is 14.0. The number of hydrogen-bond donors (Lipinski definition) is 1. The number of carbonyl (C=O) groups is 1. The number of alkyl carbamates (subject to hydrolysis) is 1. The third-order valence-corrected chi connectivity index (χ3v) is 7.04. The number of ether oxygens (including phenoxy) is 1. The van der Waals surface area contributed by atoms with Gasteiger partial charge in [0.2, 0.25) is 0 Å². The van der Waals surface area contributed by atoms with Crippen molar-refractivity contribution < 1.29 is 23.1 Å².